The number of benzene rings is 1. The molecule has 2 saturated heterocycles. The molecular formula is C16H24N2O. The molecule has 0 amide bonds. The average Bonchev–Trinajstić information content (AvgIpc) is 2.92. The molecule has 0 radical (unpaired) electrons. The summed E-state index contributed by atoms with van der Waals surface area (Å²) in [5.74, 6) is 0. The number of likely N-dealkylation sites (tertiary alicyclic amines) is 1. The molecule has 0 unspecified atom stereocenters. The summed E-state index contributed by atoms with van der Waals surface area (Å²) < 4.78 is 5.44. The van der Waals surface area contributed by atoms with Gasteiger partial charge >= 0.3 is 0 Å². The van der Waals surface area contributed by atoms with Gasteiger partial charge in [0.1, 0.15) is 0 Å². The molecule has 3 rings (SSSR count). The Morgan fingerprint density at radius 1 is 1.00 bits per heavy atom. The number of hydrogen-bond donors (Lipinski definition) is 0. The lowest BCUT2D eigenvalue weighted by atomic mass is 10.1. The van der Waals surface area contributed by atoms with E-state index in [0.29, 0.717) is 0 Å². The fourth-order valence-corrected chi connectivity index (χ4v) is 3.13. The number of ether oxygens (including phenoxy) is 1. The Labute approximate surface area is 116 Å². The maximum atomic E-state index is 5.44. The molecule has 2 aliphatic rings. The Morgan fingerprint density at radius 3 is 2.47 bits per heavy atom. The van der Waals surface area contributed by atoms with Crippen LogP contribution >= 0.6 is 0 Å². The summed E-state index contributed by atoms with van der Waals surface area (Å²) in [4.78, 5) is 5.02. The molecule has 0 bridgehead atoms. The van der Waals surface area contributed by atoms with Crippen molar-refractivity contribution >= 4 is 5.69 Å². The molecule has 1 aromatic rings. The van der Waals surface area contributed by atoms with E-state index < -0.39 is 0 Å². The van der Waals surface area contributed by atoms with Gasteiger partial charge in [0.25, 0.3) is 0 Å². The highest BCUT2D eigenvalue weighted by Gasteiger charge is 2.15. The zero-order valence-corrected chi connectivity index (χ0v) is 11.9. The van der Waals surface area contributed by atoms with Gasteiger partial charge in [-0.3, -0.25) is 4.90 Å². The molecule has 104 valence electrons. The number of aryl methyl sites for hydroxylation is 1. The smallest absolute Gasteiger partial charge is 0.0642 e. The number of anilines is 1. The molecule has 2 heterocycles. The molecule has 0 atom stereocenters. The van der Waals surface area contributed by atoms with E-state index in [1.54, 1.807) is 0 Å². The van der Waals surface area contributed by atoms with Crippen molar-refractivity contribution in [3.63, 3.8) is 0 Å². The summed E-state index contributed by atoms with van der Waals surface area (Å²) in [6.07, 6.45) is 2.73. The molecule has 0 aromatic heterocycles. The Morgan fingerprint density at radius 2 is 1.74 bits per heavy atom. The SMILES string of the molecule is Cc1cc(CN2CCCC2)cc(N2CCOCC2)c1. The topological polar surface area (TPSA) is 15.7 Å². The van der Waals surface area contributed by atoms with Crippen LogP contribution in [0.1, 0.15) is 24.0 Å². The van der Waals surface area contributed by atoms with Crippen molar-refractivity contribution in [2.75, 3.05) is 44.3 Å². The van der Waals surface area contributed by atoms with Crippen LogP contribution in [-0.4, -0.2) is 44.3 Å². The van der Waals surface area contributed by atoms with E-state index in [1.807, 2.05) is 0 Å². The van der Waals surface area contributed by atoms with Gasteiger partial charge in [0.2, 0.25) is 0 Å². The van der Waals surface area contributed by atoms with E-state index in [2.05, 4.69) is 34.9 Å². The van der Waals surface area contributed by atoms with Crippen molar-refractivity contribution in [2.24, 2.45) is 0 Å². The average molecular weight is 260 g/mol. The van der Waals surface area contributed by atoms with Gasteiger partial charge in [-0.2, -0.15) is 0 Å². The summed E-state index contributed by atoms with van der Waals surface area (Å²) in [6.45, 7) is 9.60. The van der Waals surface area contributed by atoms with Crippen molar-refractivity contribution in [3.05, 3.63) is 29.3 Å². The third-order valence-corrected chi connectivity index (χ3v) is 4.10. The molecule has 1 aromatic carbocycles. The van der Waals surface area contributed by atoms with Gasteiger partial charge in [0.15, 0.2) is 0 Å². The van der Waals surface area contributed by atoms with Gasteiger partial charge in [0, 0.05) is 25.3 Å². The number of hydrogen-bond acceptors (Lipinski definition) is 3. The first-order valence-electron chi connectivity index (χ1n) is 7.47. The van der Waals surface area contributed by atoms with Crippen LogP contribution in [0.2, 0.25) is 0 Å². The maximum Gasteiger partial charge on any atom is 0.0642 e. The molecule has 19 heavy (non-hydrogen) atoms. The third kappa shape index (κ3) is 3.28. The zero-order chi connectivity index (χ0) is 13.1. The predicted octanol–water partition coefficient (Wildman–Crippen LogP) is 2.43. The van der Waals surface area contributed by atoms with E-state index in [0.717, 1.165) is 32.8 Å². The summed E-state index contributed by atoms with van der Waals surface area (Å²) in [5, 5.41) is 0. The second-order valence-electron chi connectivity index (χ2n) is 5.76. The molecular weight excluding hydrogens is 236 g/mol. The first-order valence-corrected chi connectivity index (χ1v) is 7.47. The lowest BCUT2D eigenvalue weighted by Crippen LogP contribution is -2.36. The van der Waals surface area contributed by atoms with Crippen molar-refractivity contribution in [2.45, 2.75) is 26.3 Å². The highest BCUT2D eigenvalue weighted by Crippen LogP contribution is 2.22. The monoisotopic (exact) mass is 260 g/mol. The number of rotatable bonds is 3. The molecule has 0 spiro atoms. The maximum absolute atomic E-state index is 5.44. The highest BCUT2D eigenvalue weighted by atomic mass is 16.5. The van der Waals surface area contributed by atoms with Gasteiger partial charge in [-0.05, 0) is 56.1 Å². The van der Waals surface area contributed by atoms with Crippen LogP contribution < -0.4 is 4.90 Å². The summed E-state index contributed by atoms with van der Waals surface area (Å²) in [7, 11) is 0. The van der Waals surface area contributed by atoms with E-state index in [9.17, 15) is 0 Å². The normalized spacial score (nSPS) is 21.0. The quantitative estimate of drug-likeness (QED) is 0.830. The lowest BCUT2D eigenvalue weighted by molar-refractivity contribution is 0.122. The molecule has 0 N–H and O–H groups in total. The van der Waals surface area contributed by atoms with Crippen LogP contribution in [0, 0.1) is 6.92 Å². The molecule has 3 nitrogen and oxygen atoms in total. The molecule has 0 aliphatic carbocycles. The van der Waals surface area contributed by atoms with Crippen LogP contribution in [0.15, 0.2) is 18.2 Å². The Balaban J connectivity index is 1.74. The van der Waals surface area contributed by atoms with Crippen molar-refractivity contribution in [1.82, 2.24) is 4.90 Å². The lowest BCUT2D eigenvalue weighted by Gasteiger charge is -2.29. The van der Waals surface area contributed by atoms with Crippen LogP contribution in [-0.2, 0) is 11.3 Å². The molecule has 3 heteroatoms. The minimum Gasteiger partial charge on any atom is -0.378 e. The number of nitrogens with zero attached hydrogens (tertiary/aromatic N) is 2. The first-order chi connectivity index (χ1) is 9.31. The van der Waals surface area contributed by atoms with E-state index in [4.69, 9.17) is 4.74 Å². The van der Waals surface area contributed by atoms with Crippen molar-refractivity contribution in [3.8, 4) is 0 Å². The molecule has 0 saturated carbocycles. The van der Waals surface area contributed by atoms with E-state index >= 15 is 0 Å². The third-order valence-electron chi connectivity index (χ3n) is 4.10. The second kappa shape index (κ2) is 5.93. The van der Waals surface area contributed by atoms with Crippen LogP contribution in [0.5, 0.6) is 0 Å². The van der Waals surface area contributed by atoms with Gasteiger partial charge < -0.3 is 9.64 Å². The fraction of sp³-hybridized carbons (Fsp3) is 0.625. The van der Waals surface area contributed by atoms with Gasteiger partial charge in [-0.15, -0.1) is 0 Å². The van der Waals surface area contributed by atoms with Crippen LogP contribution in [0.4, 0.5) is 5.69 Å². The second-order valence-corrected chi connectivity index (χ2v) is 5.76. The summed E-state index contributed by atoms with van der Waals surface area (Å²) >= 11 is 0. The molecule has 2 fully saturated rings. The first kappa shape index (κ1) is 12.9. The van der Waals surface area contributed by atoms with Crippen LogP contribution in [0.25, 0.3) is 0 Å². The standard InChI is InChI=1S/C16H24N2O/c1-14-10-15(13-17-4-2-3-5-17)12-16(11-14)18-6-8-19-9-7-18/h10-12H,2-9,13H2,1H3. The van der Waals surface area contributed by atoms with Gasteiger partial charge in [-0.25, -0.2) is 0 Å². The Bertz CT molecular complexity index is 421. The zero-order valence-electron chi connectivity index (χ0n) is 11.9. The minimum absolute atomic E-state index is 0.857. The Hall–Kier alpha value is -1.06. The molecule has 2 aliphatic heterocycles. The van der Waals surface area contributed by atoms with E-state index in [1.165, 1.54) is 42.7 Å². The van der Waals surface area contributed by atoms with E-state index in [-0.39, 0.29) is 0 Å². The van der Waals surface area contributed by atoms with Gasteiger partial charge in [-0.1, -0.05) is 6.07 Å². The van der Waals surface area contributed by atoms with Crippen molar-refractivity contribution in [1.29, 1.82) is 0 Å². The van der Waals surface area contributed by atoms with Crippen molar-refractivity contribution < 1.29 is 4.74 Å². The predicted molar refractivity (Wildman–Crippen MR) is 78.7 cm³/mol. The Kier molecular flexibility index (Phi) is 4.04. The number of morpholine rings is 1. The van der Waals surface area contributed by atoms with Gasteiger partial charge in [0.05, 0.1) is 13.2 Å². The fourth-order valence-electron chi connectivity index (χ4n) is 3.13. The van der Waals surface area contributed by atoms with Crippen LogP contribution in [0.3, 0.4) is 0 Å². The highest BCUT2D eigenvalue weighted by molar-refractivity contribution is 5.51. The summed E-state index contributed by atoms with van der Waals surface area (Å²) in [5.41, 5.74) is 4.21. The summed E-state index contributed by atoms with van der Waals surface area (Å²) in [6, 6.07) is 7.01. The largest absolute Gasteiger partial charge is 0.378 e. The minimum atomic E-state index is 0.857.